The summed E-state index contributed by atoms with van der Waals surface area (Å²) in [4.78, 5) is 16.5. The smallest absolute Gasteiger partial charge is 0.269 e. The molecule has 0 spiro atoms. The highest BCUT2D eigenvalue weighted by Gasteiger charge is 2.20. The number of nitrogens with zero attached hydrogens (tertiary/aromatic N) is 3. The van der Waals surface area contributed by atoms with Crippen LogP contribution in [0.4, 0.5) is 11.4 Å². The maximum absolute atomic E-state index is 11.0. The minimum Gasteiger partial charge on any atom is -0.313 e. The van der Waals surface area contributed by atoms with Gasteiger partial charge in [0.05, 0.1) is 16.3 Å². The van der Waals surface area contributed by atoms with Gasteiger partial charge < -0.3 is 4.57 Å². The van der Waals surface area contributed by atoms with E-state index in [-0.39, 0.29) is 10.6 Å². The van der Waals surface area contributed by atoms with Crippen LogP contribution in [0.2, 0.25) is 0 Å². The molecular formula is C22H23N3O2S. The second kappa shape index (κ2) is 8.10. The predicted molar refractivity (Wildman–Crippen MR) is 113 cm³/mol. The Morgan fingerprint density at radius 3 is 2.36 bits per heavy atom. The molecule has 1 fully saturated rings. The van der Waals surface area contributed by atoms with E-state index in [9.17, 15) is 10.1 Å². The molecule has 5 nitrogen and oxygen atoms in total. The van der Waals surface area contributed by atoms with E-state index in [1.54, 1.807) is 23.5 Å². The number of benzene rings is 2. The van der Waals surface area contributed by atoms with E-state index in [0.29, 0.717) is 6.04 Å². The van der Waals surface area contributed by atoms with E-state index < -0.39 is 0 Å². The number of nitro benzene ring substituents is 1. The number of aryl methyl sites for hydroxylation is 1. The molecule has 0 unspecified atom stereocenters. The Labute approximate surface area is 168 Å². The fourth-order valence-corrected chi connectivity index (χ4v) is 4.77. The number of non-ortho nitro benzene ring substituents is 1. The largest absolute Gasteiger partial charge is 0.313 e. The van der Waals surface area contributed by atoms with Gasteiger partial charge in [-0.15, -0.1) is 11.3 Å². The van der Waals surface area contributed by atoms with Gasteiger partial charge in [0.1, 0.15) is 0 Å². The van der Waals surface area contributed by atoms with E-state index in [1.807, 2.05) is 24.3 Å². The second-order valence-electron chi connectivity index (χ2n) is 7.32. The molecule has 6 heteroatoms. The first kappa shape index (κ1) is 18.6. The average molecular weight is 394 g/mol. The zero-order chi connectivity index (χ0) is 19.5. The Morgan fingerprint density at radius 1 is 1.04 bits per heavy atom. The Hall–Kier alpha value is -2.73. The SMILES string of the molecule is Cc1ccc(N=c2scc(-c3ccc([N+](=O)[O-])cc3)n2C2CCCCC2)cc1. The summed E-state index contributed by atoms with van der Waals surface area (Å²) >= 11 is 1.64. The minimum absolute atomic E-state index is 0.118. The zero-order valence-electron chi connectivity index (χ0n) is 15.9. The van der Waals surface area contributed by atoms with Crippen molar-refractivity contribution in [3.05, 3.63) is 74.4 Å². The van der Waals surface area contributed by atoms with E-state index in [0.717, 1.165) is 34.6 Å². The van der Waals surface area contributed by atoms with Crippen molar-refractivity contribution in [2.75, 3.05) is 0 Å². The quantitative estimate of drug-likeness (QED) is 0.393. The zero-order valence-corrected chi connectivity index (χ0v) is 16.7. The standard InChI is InChI=1S/C22H23N3O2S/c1-16-7-11-18(12-8-16)23-22-24(19-5-3-2-4-6-19)21(15-28-22)17-9-13-20(14-10-17)25(26)27/h7-15,19H,2-6H2,1H3. The summed E-state index contributed by atoms with van der Waals surface area (Å²) in [6, 6.07) is 15.5. The van der Waals surface area contributed by atoms with Crippen LogP contribution in [0, 0.1) is 17.0 Å². The van der Waals surface area contributed by atoms with Crippen LogP contribution in [0.1, 0.15) is 43.7 Å². The fraction of sp³-hybridized carbons (Fsp3) is 0.318. The van der Waals surface area contributed by atoms with Crippen LogP contribution in [-0.4, -0.2) is 9.49 Å². The highest BCUT2D eigenvalue weighted by molar-refractivity contribution is 7.07. The van der Waals surface area contributed by atoms with Crippen molar-refractivity contribution in [1.29, 1.82) is 0 Å². The first-order chi connectivity index (χ1) is 13.6. The van der Waals surface area contributed by atoms with Gasteiger partial charge in [-0.2, -0.15) is 0 Å². The van der Waals surface area contributed by atoms with E-state index in [4.69, 9.17) is 4.99 Å². The van der Waals surface area contributed by atoms with Crippen molar-refractivity contribution in [2.45, 2.75) is 45.1 Å². The number of nitro groups is 1. The molecule has 3 aromatic rings. The average Bonchev–Trinajstić information content (AvgIpc) is 3.14. The lowest BCUT2D eigenvalue weighted by atomic mass is 9.95. The molecule has 0 saturated heterocycles. The van der Waals surface area contributed by atoms with E-state index in [2.05, 4.69) is 29.0 Å². The molecule has 0 bridgehead atoms. The van der Waals surface area contributed by atoms with Crippen LogP contribution in [0.5, 0.6) is 0 Å². The second-order valence-corrected chi connectivity index (χ2v) is 8.15. The monoisotopic (exact) mass is 393 g/mol. The molecule has 28 heavy (non-hydrogen) atoms. The van der Waals surface area contributed by atoms with Crippen LogP contribution in [0.25, 0.3) is 11.3 Å². The Morgan fingerprint density at radius 2 is 1.71 bits per heavy atom. The van der Waals surface area contributed by atoms with Crippen LogP contribution >= 0.6 is 11.3 Å². The van der Waals surface area contributed by atoms with Crippen molar-refractivity contribution in [1.82, 2.24) is 4.57 Å². The fourth-order valence-electron chi connectivity index (χ4n) is 3.79. The lowest BCUT2D eigenvalue weighted by Crippen LogP contribution is -2.23. The van der Waals surface area contributed by atoms with Crippen molar-refractivity contribution in [3.63, 3.8) is 0 Å². The minimum atomic E-state index is -0.356. The summed E-state index contributed by atoms with van der Waals surface area (Å²) in [6.45, 7) is 2.07. The van der Waals surface area contributed by atoms with Gasteiger partial charge in [-0.3, -0.25) is 10.1 Å². The van der Waals surface area contributed by atoms with Crippen LogP contribution in [-0.2, 0) is 0 Å². The first-order valence-corrected chi connectivity index (χ1v) is 10.6. The molecule has 144 valence electrons. The molecule has 4 rings (SSSR count). The van der Waals surface area contributed by atoms with Gasteiger partial charge in [0.25, 0.3) is 5.69 Å². The van der Waals surface area contributed by atoms with Crippen LogP contribution < -0.4 is 4.80 Å². The molecule has 0 amide bonds. The highest BCUT2D eigenvalue weighted by atomic mass is 32.1. The lowest BCUT2D eigenvalue weighted by molar-refractivity contribution is -0.384. The molecule has 0 N–H and O–H groups in total. The predicted octanol–water partition coefficient (Wildman–Crippen LogP) is 6.17. The summed E-state index contributed by atoms with van der Waals surface area (Å²) in [7, 11) is 0. The first-order valence-electron chi connectivity index (χ1n) is 9.68. The molecule has 1 saturated carbocycles. The van der Waals surface area contributed by atoms with Crippen molar-refractivity contribution in [2.24, 2.45) is 4.99 Å². The van der Waals surface area contributed by atoms with Gasteiger partial charge >= 0.3 is 0 Å². The van der Waals surface area contributed by atoms with Crippen molar-refractivity contribution in [3.8, 4) is 11.3 Å². The maximum Gasteiger partial charge on any atom is 0.269 e. The highest BCUT2D eigenvalue weighted by Crippen LogP contribution is 2.33. The van der Waals surface area contributed by atoms with E-state index >= 15 is 0 Å². The van der Waals surface area contributed by atoms with Gasteiger partial charge in [0.2, 0.25) is 0 Å². The number of rotatable bonds is 4. The molecule has 0 radical (unpaired) electrons. The normalized spacial score (nSPS) is 15.7. The molecule has 1 aliphatic carbocycles. The molecule has 1 aromatic heterocycles. The van der Waals surface area contributed by atoms with Crippen LogP contribution in [0.3, 0.4) is 0 Å². The van der Waals surface area contributed by atoms with Gasteiger partial charge in [0, 0.05) is 23.6 Å². The van der Waals surface area contributed by atoms with Gasteiger partial charge in [0.15, 0.2) is 4.80 Å². The summed E-state index contributed by atoms with van der Waals surface area (Å²) in [5.74, 6) is 0. The summed E-state index contributed by atoms with van der Waals surface area (Å²) in [5.41, 5.74) is 4.38. The van der Waals surface area contributed by atoms with Crippen molar-refractivity contribution < 1.29 is 4.92 Å². The van der Waals surface area contributed by atoms with E-state index in [1.165, 1.54) is 24.8 Å². The Balaban J connectivity index is 1.81. The summed E-state index contributed by atoms with van der Waals surface area (Å²) < 4.78 is 2.35. The van der Waals surface area contributed by atoms with Gasteiger partial charge in [-0.25, -0.2) is 4.99 Å². The maximum atomic E-state index is 11.0. The topological polar surface area (TPSA) is 60.4 Å². The third-order valence-corrected chi connectivity index (χ3v) is 6.15. The Bertz CT molecular complexity index is 1030. The number of hydrogen-bond acceptors (Lipinski definition) is 4. The van der Waals surface area contributed by atoms with Gasteiger partial charge in [-0.05, 0) is 49.6 Å². The number of hydrogen-bond donors (Lipinski definition) is 0. The molecule has 1 aliphatic rings. The van der Waals surface area contributed by atoms with Crippen LogP contribution in [0.15, 0.2) is 58.9 Å². The molecule has 2 aromatic carbocycles. The number of aromatic nitrogens is 1. The number of thiazole rings is 1. The molecule has 1 heterocycles. The lowest BCUT2D eigenvalue weighted by Gasteiger charge is -2.25. The van der Waals surface area contributed by atoms with Gasteiger partial charge in [-0.1, -0.05) is 37.0 Å². The molecule has 0 aliphatic heterocycles. The third kappa shape index (κ3) is 3.92. The third-order valence-electron chi connectivity index (χ3n) is 5.31. The summed E-state index contributed by atoms with van der Waals surface area (Å²) in [6.07, 6.45) is 6.06. The Kier molecular flexibility index (Phi) is 5.39. The molecular weight excluding hydrogens is 370 g/mol. The molecule has 0 atom stereocenters. The van der Waals surface area contributed by atoms with Crippen molar-refractivity contribution >= 4 is 22.7 Å². The summed E-state index contributed by atoms with van der Waals surface area (Å²) in [5, 5.41) is 13.1.